The summed E-state index contributed by atoms with van der Waals surface area (Å²) in [7, 11) is 0. The molecule has 3 aromatic heterocycles. The topological polar surface area (TPSA) is 57.7 Å². The van der Waals surface area contributed by atoms with E-state index in [2.05, 4.69) is 32.4 Å². The van der Waals surface area contributed by atoms with Gasteiger partial charge in [-0.15, -0.1) is 11.3 Å². The summed E-state index contributed by atoms with van der Waals surface area (Å²) in [5.41, 5.74) is 2.52. The molecule has 1 N–H and O–H groups in total. The predicted molar refractivity (Wildman–Crippen MR) is 89.4 cm³/mol. The van der Waals surface area contributed by atoms with E-state index in [1.807, 2.05) is 19.3 Å². The van der Waals surface area contributed by atoms with Crippen molar-refractivity contribution in [2.75, 3.05) is 11.4 Å². The highest BCUT2D eigenvalue weighted by atomic mass is 32.1. The first-order chi connectivity index (χ1) is 10.7. The van der Waals surface area contributed by atoms with E-state index < -0.39 is 0 Å². The molecule has 1 aliphatic heterocycles. The third-order valence-electron chi connectivity index (χ3n) is 4.39. The van der Waals surface area contributed by atoms with E-state index in [0.29, 0.717) is 6.04 Å². The van der Waals surface area contributed by atoms with Crippen LogP contribution in [0.1, 0.15) is 42.3 Å². The molecule has 4 heterocycles. The molecule has 1 aliphatic rings. The molecule has 1 saturated heterocycles. The number of H-pyrrole nitrogens is 1. The van der Waals surface area contributed by atoms with E-state index in [4.69, 9.17) is 4.98 Å². The van der Waals surface area contributed by atoms with Crippen molar-refractivity contribution in [2.24, 2.45) is 0 Å². The molecule has 22 heavy (non-hydrogen) atoms. The van der Waals surface area contributed by atoms with Crippen molar-refractivity contribution in [3.63, 3.8) is 0 Å². The monoisotopic (exact) mass is 313 g/mol. The molecule has 1 fully saturated rings. The summed E-state index contributed by atoms with van der Waals surface area (Å²) in [6.07, 6.45) is 7.56. The fraction of sp³-hybridized carbons (Fsp3) is 0.438. The number of piperidine rings is 1. The van der Waals surface area contributed by atoms with Crippen LogP contribution in [0.4, 0.5) is 5.82 Å². The molecule has 0 saturated carbocycles. The normalized spacial score (nSPS) is 19.0. The zero-order valence-electron chi connectivity index (χ0n) is 12.8. The van der Waals surface area contributed by atoms with Crippen LogP contribution in [0.3, 0.4) is 0 Å². The standard InChI is InChI=1S/C16H19N5S/c1-10-9-22-16-14(10)15(19-11(2)20-16)21-6-4-3-5-13(21)12-7-17-18-8-12/h7-9,13H,3-6H2,1-2H3,(H,17,18). The Kier molecular flexibility index (Phi) is 3.33. The van der Waals surface area contributed by atoms with Gasteiger partial charge in [-0.05, 0) is 44.1 Å². The summed E-state index contributed by atoms with van der Waals surface area (Å²) >= 11 is 1.71. The molecular formula is C16H19N5S. The molecule has 114 valence electrons. The van der Waals surface area contributed by atoms with E-state index in [-0.39, 0.29) is 0 Å². The Balaban J connectivity index is 1.87. The minimum atomic E-state index is 0.351. The Bertz CT molecular complexity index is 792. The van der Waals surface area contributed by atoms with Crippen molar-refractivity contribution >= 4 is 27.4 Å². The van der Waals surface area contributed by atoms with Crippen molar-refractivity contribution in [3.8, 4) is 0 Å². The minimum absolute atomic E-state index is 0.351. The molecule has 3 aromatic rings. The maximum absolute atomic E-state index is 4.81. The third kappa shape index (κ3) is 2.18. The fourth-order valence-electron chi connectivity index (χ4n) is 3.35. The molecular weight excluding hydrogens is 294 g/mol. The van der Waals surface area contributed by atoms with Gasteiger partial charge in [0, 0.05) is 18.3 Å². The second kappa shape index (κ2) is 5.35. The summed E-state index contributed by atoms with van der Waals surface area (Å²) in [5, 5.41) is 10.5. The van der Waals surface area contributed by atoms with Crippen molar-refractivity contribution in [1.29, 1.82) is 0 Å². The van der Waals surface area contributed by atoms with Gasteiger partial charge in [-0.2, -0.15) is 5.10 Å². The van der Waals surface area contributed by atoms with Crippen LogP contribution in [0.25, 0.3) is 10.2 Å². The van der Waals surface area contributed by atoms with Crippen molar-refractivity contribution < 1.29 is 0 Å². The maximum atomic E-state index is 4.81. The average Bonchev–Trinajstić information content (AvgIpc) is 3.17. The SMILES string of the molecule is Cc1nc(N2CCCCC2c2cn[nH]c2)c2c(C)csc2n1. The molecule has 0 bridgehead atoms. The third-order valence-corrected chi connectivity index (χ3v) is 5.38. The summed E-state index contributed by atoms with van der Waals surface area (Å²) < 4.78 is 0. The summed E-state index contributed by atoms with van der Waals surface area (Å²) in [4.78, 5) is 13.0. The molecule has 0 radical (unpaired) electrons. The lowest BCUT2D eigenvalue weighted by Crippen LogP contribution is -2.34. The van der Waals surface area contributed by atoms with Gasteiger partial charge in [-0.3, -0.25) is 5.10 Å². The summed E-state index contributed by atoms with van der Waals surface area (Å²) in [6, 6.07) is 0.351. The zero-order chi connectivity index (χ0) is 15.1. The lowest BCUT2D eigenvalue weighted by atomic mass is 9.97. The van der Waals surface area contributed by atoms with Gasteiger partial charge in [0.1, 0.15) is 16.5 Å². The van der Waals surface area contributed by atoms with Gasteiger partial charge in [0.25, 0.3) is 0 Å². The number of thiophene rings is 1. The highest BCUT2D eigenvalue weighted by Crippen LogP contribution is 2.39. The molecule has 0 spiro atoms. The first kappa shape index (κ1) is 13.7. The Morgan fingerprint density at radius 3 is 3.00 bits per heavy atom. The highest BCUT2D eigenvalue weighted by molar-refractivity contribution is 7.17. The van der Waals surface area contributed by atoms with Gasteiger partial charge in [-0.25, -0.2) is 9.97 Å². The molecule has 0 aromatic carbocycles. The van der Waals surface area contributed by atoms with Crippen LogP contribution in [0, 0.1) is 13.8 Å². The average molecular weight is 313 g/mol. The fourth-order valence-corrected chi connectivity index (χ4v) is 4.31. The van der Waals surface area contributed by atoms with E-state index >= 15 is 0 Å². The number of aromatic amines is 1. The smallest absolute Gasteiger partial charge is 0.141 e. The summed E-state index contributed by atoms with van der Waals surface area (Å²) in [6.45, 7) is 5.17. The number of aromatic nitrogens is 4. The van der Waals surface area contributed by atoms with Crippen LogP contribution >= 0.6 is 11.3 Å². The number of hydrogen-bond donors (Lipinski definition) is 1. The van der Waals surface area contributed by atoms with Gasteiger partial charge < -0.3 is 4.90 Å². The largest absolute Gasteiger partial charge is 0.349 e. The van der Waals surface area contributed by atoms with E-state index in [0.717, 1.165) is 29.4 Å². The van der Waals surface area contributed by atoms with Crippen molar-refractivity contribution in [3.05, 3.63) is 34.7 Å². The number of anilines is 1. The Hall–Kier alpha value is -1.95. The first-order valence-corrected chi connectivity index (χ1v) is 8.60. The van der Waals surface area contributed by atoms with E-state index in [9.17, 15) is 0 Å². The molecule has 4 rings (SSSR count). The molecule has 0 aliphatic carbocycles. The number of aryl methyl sites for hydroxylation is 2. The molecule has 1 unspecified atom stereocenters. The van der Waals surface area contributed by atoms with Crippen LogP contribution in [0.5, 0.6) is 0 Å². The van der Waals surface area contributed by atoms with Crippen molar-refractivity contribution in [2.45, 2.75) is 39.2 Å². The van der Waals surface area contributed by atoms with Gasteiger partial charge in [-0.1, -0.05) is 0 Å². The molecule has 0 amide bonds. The Morgan fingerprint density at radius 1 is 1.27 bits per heavy atom. The van der Waals surface area contributed by atoms with Gasteiger partial charge >= 0.3 is 0 Å². The lowest BCUT2D eigenvalue weighted by Gasteiger charge is -2.36. The van der Waals surface area contributed by atoms with Crippen molar-refractivity contribution in [1.82, 2.24) is 20.2 Å². The zero-order valence-corrected chi connectivity index (χ0v) is 13.7. The molecule has 1 atom stereocenters. The lowest BCUT2D eigenvalue weighted by molar-refractivity contribution is 0.470. The van der Waals surface area contributed by atoms with Crippen LogP contribution in [0.2, 0.25) is 0 Å². The number of rotatable bonds is 2. The Morgan fingerprint density at radius 2 is 2.18 bits per heavy atom. The number of nitrogens with one attached hydrogen (secondary N) is 1. The van der Waals surface area contributed by atoms with E-state index in [1.54, 1.807) is 11.3 Å². The van der Waals surface area contributed by atoms with Crippen LogP contribution < -0.4 is 4.90 Å². The van der Waals surface area contributed by atoms with Gasteiger partial charge in [0.2, 0.25) is 0 Å². The van der Waals surface area contributed by atoms with Crippen LogP contribution in [-0.4, -0.2) is 26.7 Å². The maximum Gasteiger partial charge on any atom is 0.141 e. The minimum Gasteiger partial charge on any atom is -0.349 e. The second-order valence-electron chi connectivity index (χ2n) is 5.93. The first-order valence-electron chi connectivity index (χ1n) is 7.72. The second-order valence-corrected chi connectivity index (χ2v) is 6.79. The molecule has 6 heteroatoms. The number of hydrogen-bond acceptors (Lipinski definition) is 5. The van der Waals surface area contributed by atoms with Gasteiger partial charge in [0.05, 0.1) is 17.6 Å². The van der Waals surface area contributed by atoms with Crippen LogP contribution in [-0.2, 0) is 0 Å². The molecule has 5 nitrogen and oxygen atoms in total. The van der Waals surface area contributed by atoms with Gasteiger partial charge in [0.15, 0.2) is 0 Å². The predicted octanol–water partition coefficient (Wildman–Crippen LogP) is 3.76. The highest BCUT2D eigenvalue weighted by Gasteiger charge is 2.28. The number of nitrogens with zero attached hydrogens (tertiary/aromatic N) is 4. The quantitative estimate of drug-likeness (QED) is 0.782. The van der Waals surface area contributed by atoms with E-state index in [1.165, 1.54) is 29.4 Å². The number of fused-ring (bicyclic) bond motifs is 1. The van der Waals surface area contributed by atoms with Crippen LogP contribution in [0.15, 0.2) is 17.8 Å². The summed E-state index contributed by atoms with van der Waals surface area (Å²) in [5.74, 6) is 1.94. The Labute approximate surface area is 133 Å².